The number of carboxylic acids is 1. The average molecular weight is 336 g/mol. The van der Waals surface area contributed by atoms with E-state index in [2.05, 4.69) is 4.72 Å². The van der Waals surface area contributed by atoms with E-state index in [4.69, 9.17) is 16.7 Å². The fourth-order valence-corrected chi connectivity index (χ4v) is 3.98. The molecule has 116 valence electrons. The van der Waals surface area contributed by atoms with Gasteiger partial charge in [-0.1, -0.05) is 18.0 Å². The van der Waals surface area contributed by atoms with Crippen molar-refractivity contribution >= 4 is 27.6 Å². The number of hydrogen-bond acceptors (Lipinski definition) is 3. The lowest BCUT2D eigenvalue weighted by Crippen LogP contribution is -2.41. The van der Waals surface area contributed by atoms with Crippen LogP contribution in [-0.2, 0) is 10.0 Å². The first kappa shape index (κ1) is 16.2. The van der Waals surface area contributed by atoms with Gasteiger partial charge in [-0.15, -0.1) is 0 Å². The van der Waals surface area contributed by atoms with Gasteiger partial charge in [-0.05, 0) is 37.8 Å². The van der Waals surface area contributed by atoms with Crippen molar-refractivity contribution in [1.82, 2.24) is 4.72 Å². The minimum Gasteiger partial charge on any atom is -0.478 e. The van der Waals surface area contributed by atoms with Crippen LogP contribution >= 0.6 is 11.6 Å². The van der Waals surface area contributed by atoms with Crippen LogP contribution in [0.4, 0.5) is 4.39 Å². The molecule has 1 aliphatic rings. The number of carbonyl (C=O) groups is 1. The van der Waals surface area contributed by atoms with Gasteiger partial charge < -0.3 is 5.11 Å². The van der Waals surface area contributed by atoms with Crippen molar-refractivity contribution in [2.75, 3.05) is 0 Å². The number of carboxylic acid groups (broad SMARTS) is 1. The van der Waals surface area contributed by atoms with E-state index in [-0.39, 0.29) is 17.0 Å². The summed E-state index contributed by atoms with van der Waals surface area (Å²) >= 11 is 5.69. The quantitative estimate of drug-likeness (QED) is 0.866. The van der Waals surface area contributed by atoms with Crippen LogP contribution in [0, 0.1) is 11.7 Å². The van der Waals surface area contributed by atoms with Gasteiger partial charge in [0.05, 0.1) is 5.56 Å². The summed E-state index contributed by atoms with van der Waals surface area (Å²) in [6.07, 6.45) is 2.88. The van der Waals surface area contributed by atoms with Crippen molar-refractivity contribution in [2.45, 2.75) is 37.1 Å². The Balaban J connectivity index is 2.37. The highest BCUT2D eigenvalue weighted by Crippen LogP contribution is 2.31. The van der Waals surface area contributed by atoms with Gasteiger partial charge >= 0.3 is 5.97 Å². The maximum absolute atomic E-state index is 14.1. The maximum Gasteiger partial charge on any atom is 0.338 e. The third kappa shape index (κ3) is 3.36. The molecule has 1 saturated carbocycles. The van der Waals surface area contributed by atoms with Crippen LogP contribution in [0.3, 0.4) is 0 Å². The molecular weight excluding hydrogens is 321 g/mol. The van der Waals surface area contributed by atoms with Gasteiger partial charge in [0.25, 0.3) is 0 Å². The predicted octanol–water partition coefficient (Wildman–Crippen LogP) is 2.64. The minimum absolute atomic E-state index is 0.148. The van der Waals surface area contributed by atoms with Crippen LogP contribution in [-0.4, -0.2) is 25.5 Å². The van der Waals surface area contributed by atoms with E-state index >= 15 is 0 Å². The van der Waals surface area contributed by atoms with Crippen LogP contribution in [0.5, 0.6) is 0 Å². The zero-order valence-electron chi connectivity index (χ0n) is 11.3. The molecule has 8 heteroatoms. The lowest BCUT2D eigenvalue weighted by molar-refractivity contribution is 0.0691. The van der Waals surface area contributed by atoms with Crippen molar-refractivity contribution in [2.24, 2.45) is 5.92 Å². The second-order valence-corrected chi connectivity index (χ2v) is 7.29. The first-order valence-electron chi connectivity index (χ1n) is 6.47. The van der Waals surface area contributed by atoms with E-state index in [0.717, 1.165) is 31.4 Å². The molecule has 5 nitrogen and oxygen atoms in total. The van der Waals surface area contributed by atoms with Gasteiger partial charge in [-0.2, -0.15) is 0 Å². The topological polar surface area (TPSA) is 83.5 Å². The van der Waals surface area contributed by atoms with Crippen LogP contribution in [0.25, 0.3) is 0 Å². The van der Waals surface area contributed by atoms with Gasteiger partial charge in [0.1, 0.15) is 4.90 Å². The summed E-state index contributed by atoms with van der Waals surface area (Å²) in [6, 6.07) is 1.46. The lowest BCUT2D eigenvalue weighted by Gasteiger charge is -2.31. The average Bonchev–Trinajstić information content (AvgIpc) is 2.27. The van der Waals surface area contributed by atoms with Gasteiger partial charge in [0.15, 0.2) is 5.82 Å². The molecular formula is C13H15ClFNO4S. The largest absolute Gasteiger partial charge is 0.478 e. The Morgan fingerprint density at radius 2 is 2.10 bits per heavy atom. The molecule has 1 unspecified atom stereocenters. The molecule has 0 aromatic heterocycles. The van der Waals surface area contributed by atoms with Crippen molar-refractivity contribution in [1.29, 1.82) is 0 Å². The minimum atomic E-state index is -4.16. The molecule has 0 amide bonds. The molecule has 1 aliphatic carbocycles. The molecule has 2 rings (SSSR count). The molecule has 0 saturated heterocycles. The molecule has 21 heavy (non-hydrogen) atoms. The van der Waals surface area contributed by atoms with E-state index in [0.29, 0.717) is 0 Å². The first-order chi connectivity index (χ1) is 9.72. The smallest absolute Gasteiger partial charge is 0.338 e. The summed E-state index contributed by atoms with van der Waals surface area (Å²) in [6.45, 7) is 1.71. The highest BCUT2D eigenvalue weighted by Gasteiger charge is 2.30. The zero-order valence-corrected chi connectivity index (χ0v) is 12.8. The van der Waals surface area contributed by atoms with Gasteiger partial charge in [0.2, 0.25) is 10.0 Å². The zero-order chi connectivity index (χ0) is 15.8. The molecule has 0 spiro atoms. The van der Waals surface area contributed by atoms with Crippen molar-refractivity contribution < 1.29 is 22.7 Å². The maximum atomic E-state index is 14.1. The Morgan fingerprint density at radius 3 is 2.57 bits per heavy atom. The summed E-state index contributed by atoms with van der Waals surface area (Å²) in [7, 11) is -4.16. The van der Waals surface area contributed by atoms with E-state index < -0.39 is 32.3 Å². The molecule has 0 radical (unpaired) electrons. The normalized spacial score (nSPS) is 17.3. The summed E-state index contributed by atoms with van der Waals surface area (Å²) in [5, 5.41) is 8.74. The van der Waals surface area contributed by atoms with Gasteiger partial charge in [-0.25, -0.2) is 22.3 Å². The molecule has 1 aromatic carbocycles. The Morgan fingerprint density at radius 1 is 1.48 bits per heavy atom. The molecule has 0 bridgehead atoms. The van der Waals surface area contributed by atoms with Crippen LogP contribution in [0.15, 0.2) is 17.0 Å². The third-order valence-electron chi connectivity index (χ3n) is 3.72. The van der Waals surface area contributed by atoms with E-state index in [1.165, 1.54) is 0 Å². The number of halogens is 2. The number of sulfonamides is 1. The number of rotatable bonds is 5. The standard InChI is InChI=1S/C13H15ClFNO4S/c1-7(8-3-2-4-8)16-21(19,20)11-6-9(14)5-10(12(11)15)13(17)18/h5-8,16H,2-4H2,1H3,(H,17,18). The number of aromatic carboxylic acids is 1. The molecule has 1 atom stereocenters. The summed E-state index contributed by atoms with van der Waals surface area (Å²) in [5.41, 5.74) is -0.765. The van der Waals surface area contributed by atoms with Crippen LogP contribution in [0.1, 0.15) is 36.5 Å². The second kappa shape index (κ2) is 5.90. The monoisotopic (exact) mass is 335 g/mol. The Hall–Kier alpha value is -1.18. The van der Waals surface area contributed by atoms with Crippen LogP contribution in [0.2, 0.25) is 5.02 Å². The highest BCUT2D eigenvalue weighted by atomic mass is 35.5. The Labute approximate surface area is 127 Å². The van der Waals surface area contributed by atoms with Crippen molar-refractivity contribution in [3.8, 4) is 0 Å². The van der Waals surface area contributed by atoms with Crippen molar-refractivity contribution in [3.05, 3.63) is 28.5 Å². The molecule has 1 fully saturated rings. The molecule has 1 aromatic rings. The fraction of sp³-hybridized carbons (Fsp3) is 0.462. The number of benzene rings is 1. The molecule has 0 aliphatic heterocycles. The Kier molecular flexibility index (Phi) is 4.55. The predicted molar refractivity (Wildman–Crippen MR) is 75.5 cm³/mol. The molecule has 2 N–H and O–H groups in total. The third-order valence-corrected chi connectivity index (χ3v) is 5.50. The fourth-order valence-electron chi connectivity index (χ4n) is 2.26. The highest BCUT2D eigenvalue weighted by molar-refractivity contribution is 7.89. The summed E-state index contributed by atoms with van der Waals surface area (Å²) in [4.78, 5) is 10.2. The summed E-state index contributed by atoms with van der Waals surface area (Å²) < 4.78 is 40.9. The summed E-state index contributed by atoms with van der Waals surface area (Å²) in [5.74, 6) is -2.65. The molecule has 0 heterocycles. The SMILES string of the molecule is CC(NS(=O)(=O)c1cc(Cl)cc(C(=O)O)c1F)C1CCC1. The van der Waals surface area contributed by atoms with Crippen LogP contribution < -0.4 is 4.72 Å². The van der Waals surface area contributed by atoms with Crippen molar-refractivity contribution in [3.63, 3.8) is 0 Å². The van der Waals surface area contributed by atoms with E-state index in [1.807, 2.05) is 0 Å². The first-order valence-corrected chi connectivity index (χ1v) is 8.33. The number of hydrogen-bond donors (Lipinski definition) is 2. The van der Waals surface area contributed by atoms with E-state index in [9.17, 15) is 17.6 Å². The number of nitrogens with one attached hydrogen (secondary N) is 1. The van der Waals surface area contributed by atoms with Gasteiger partial charge in [0, 0.05) is 11.1 Å². The van der Waals surface area contributed by atoms with E-state index in [1.54, 1.807) is 6.92 Å². The second-order valence-electron chi connectivity index (χ2n) is 5.17. The Bertz CT molecular complexity index is 673. The van der Waals surface area contributed by atoms with Gasteiger partial charge in [-0.3, -0.25) is 0 Å². The lowest BCUT2D eigenvalue weighted by atomic mass is 9.81.